The van der Waals surface area contributed by atoms with Crippen molar-refractivity contribution in [2.45, 2.75) is 32.8 Å². The lowest BCUT2D eigenvalue weighted by atomic mass is 10.2. The molecule has 0 aliphatic heterocycles. The quantitative estimate of drug-likeness (QED) is 0.492. The Morgan fingerprint density at radius 2 is 1.90 bits per heavy atom. The number of phenolic OH excluding ortho intramolecular Hbond substituents is 1. The fourth-order valence-electron chi connectivity index (χ4n) is 1.41. The first kappa shape index (κ1) is 15.8. The van der Waals surface area contributed by atoms with Crippen molar-refractivity contribution in [3.8, 4) is 11.5 Å². The lowest BCUT2D eigenvalue weighted by Crippen LogP contribution is -2.31. The lowest BCUT2D eigenvalue weighted by Gasteiger charge is -2.16. The Morgan fingerprint density at radius 1 is 1.30 bits per heavy atom. The standard InChI is InChI=1S/C15H18O5/c1-4-5-13(20-14(17)10(2)3)15(18)19-12-8-6-11(16)7-9-12/h6-9,13,16H,2,4-5H2,1,3H3. The minimum absolute atomic E-state index is 0.0728. The molecule has 0 amide bonds. The van der Waals surface area contributed by atoms with E-state index < -0.39 is 18.0 Å². The van der Waals surface area contributed by atoms with E-state index in [1.165, 1.54) is 31.2 Å². The van der Waals surface area contributed by atoms with E-state index in [1.807, 2.05) is 6.92 Å². The van der Waals surface area contributed by atoms with Crippen LogP contribution in [0.3, 0.4) is 0 Å². The number of rotatable bonds is 6. The second-order valence-corrected chi connectivity index (χ2v) is 4.38. The van der Waals surface area contributed by atoms with E-state index in [2.05, 4.69) is 6.58 Å². The molecule has 0 heterocycles. The van der Waals surface area contributed by atoms with Crippen LogP contribution in [0.2, 0.25) is 0 Å². The monoisotopic (exact) mass is 278 g/mol. The van der Waals surface area contributed by atoms with E-state index in [4.69, 9.17) is 14.6 Å². The Bertz CT molecular complexity index is 489. The summed E-state index contributed by atoms with van der Waals surface area (Å²) in [4.78, 5) is 23.4. The third-order valence-corrected chi connectivity index (χ3v) is 2.47. The van der Waals surface area contributed by atoms with Gasteiger partial charge in [0, 0.05) is 5.57 Å². The molecule has 108 valence electrons. The zero-order valence-electron chi connectivity index (χ0n) is 11.6. The molecule has 0 fully saturated rings. The number of carbonyl (C=O) groups excluding carboxylic acids is 2. The molecule has 1 unspecified atom stereocenters. The van der Waals surface area contributed by atoms with Gasteiger partial charge >= 0.3 is 11.9 Å². The molecule has 0 bridgehead atoms. The molecular formula is C15H18O5. The summed E-state index contributed by atoms with van der Waals surface area (Å²) in [6.45, 7) is 6.85. The normalized spacial score (nSPS) is 11.5. The molecule has 0 aliphatic rings. The number of hydrogen-bond acceptors (Lipinski definition) is 5. The largest absolute Gasteiger partial charge is 0.508 e. The van der Waals surface area contributed by atoms with Crippen LogP contribution >= 0.6 is 0 Å². The van der Waals surface area contributed by atoms with Crippen molar-refractivity contribution >= 4 is 11.9 Å². The van der Waals surface area contributed by atoms with Gasteiger partial charge in [-0.3, -0.25) is 0 Å². The molecule has 5 nitrogen and oxygen atoms in total. The number of aromatic hydroxyl groups is 1. The van der Waals surface area contributed by atoms with E-state index in [0.29, 0.717) is 12.8 Å². The van der Waals surface area contributed by atoms with Gasteiger partial charge in [0.25, 0.3) is 0 Å². The molecule has 20 heavy (non-hydrogen) atoms. The Morgan fingerprint density at radius 3 is 2.40 bits per heavy atom. The molecule has 0 radical (unpaired) electrons. The number of ether oxygens (including phenoxy) is 2. The first-order chi connectivity index (χ1) is 9.43. The fraction of sp³-hybridized carbons (Fsp3) is 0.333. The third kappa shape index (κ3) is 4.76. The second-order valence-electron chi connectivity index (χ2n) is 4.38. The highest BCUT2D eigenvalue weighted by molar-refractivity contribution is 5.89. The Balaban J connectivity index is 2.70. The van der Waals surface area contributed by atoms with Crippen LogP contribution in [0.25, 0.3) is 0 Å². The molecule has 1 aromatic rings. The molecule has 1 aromatic carbocycles. The smallest absolute Gasteiger partial charge is 0.352 e. The Labute approximate surface area is 117 Å². The highest BCUT2D eigenvalue weighted by Gasteiger charge is 2.24. The van der Waals surface area contributed by atoms with E-state index in [1.54, 1.807) is 0 Å². The average molecular weight is 278 g/mol. The minimum atomic E-state index is -0.960. The van der Waals surface area contributed by atoms with Gasteiger partial charge in [-0.2, -0.15) is 0 Å². The minimum Gasteiger partial charge on any atom is -0.508 e. The summed E-state index contributed by atoms with van der Waals surface area (Å²) in [5.74, 6) is -0.915. The van der Waals surface area contributed by atoms with Crippen molar-refractivity contribution in [2.75, 3.05) is 0 Å². The van der Waals surface area contributed by atoms with Crippen LogP contribution in [0.4, 0.5) is 0 Å². The molecule has 5 heteroatoms. The zero-order valence-corrected chi connectivity index (χ0v) is 11.6. The van der Waals surface area contributed by atoms with Crippen molar-refractivity contribution in [1.29, 1.82) is 0 Å². The molecule has 0 aromatic heterocycles. The molecule has 1 atom stereocenters. The van der Waals surface area contributed by atoms with E-state index in [9.17, 15) is 9.59 Å². The van der Waals surface area contributed by atoms with Crippen molar-refractivity contribution < 1.29 is 24.2 Å². The van der Waals surface area contributed by atoms with Gasteiger partial charge in [-0.15, -0.1) is 0 Å². The average Bonchev–Trinajstić information content (AvgIpc) is 2.40. The van der Waals surface area contributed by atoms with Crippen molar-refractivity contribution in [3.05, 3.63) is 36.4 Å². The van der Waals surface area contributed by atoms with Gasteiger partial charge < -0.3 is 14.6 Å². The lowest BCUT2D eigenvalue weighted by molar-refractivity contribution is -0.159. The summed E-state index contributed by atoms with van der Waals surface area (Å²) in [6, 6.07) is 5.71. The Hall–Kier alpha value is -2.30. The van der Waals surface area contributed by atoms with Gasteiger partial charge in [0.15, 0.2) is 6.10 Å². The van der Waals surface area contributed by atoms with Gasteiger partial charge in [-0.05, 0) is 37.6 Å². The first-order valence-corrected chi connectivity index (χ1v) is 6.31. The van der Waals surface area contributed by atoms with Gasteiger partial charge in [0.05, 0.1) is 0 Å². The number of esters is 2. The van der Waals surface area contributed by atoms with Gasteiger partial charge in [0.2, 0.25) is 0 Å². The highest BCUT2D eigenvalue weighted by Crippen LogP contribution is 2.17. The maximum atomic E-state index is 12.0. The van der Waals surface area contributed by atoms with Gasteiger partial charge in [-0.1, -0.05) is 19.9 Å². The SMILES string of the molecule is C=C(C)C(=O)OC(CCC)C(=O)Oc1ccc(O)cc1. The molecule has 0 saturated carbocycles. The fourth-order valence-corrected chi connectivity index (χ4v) is 1.41. The summed E-state index contributed by atoms with van der Waals surface area (Å²) in [7, 11) is 0. The van der Waals surface area contributed by atoms with Crippen LogP contribution in [-0.4, -0.2) is 23.1 Å². The van der Waals surface area contributed by atoms with Gasteiger partial charge in [-0.25, -0.2) is 9.59 Å². The summed E-state index contributed by atoms with van der Waals surface area (Å²) >= 11 is 0. The zero-order chi connectivity index (χ0) is 15.1. The van der Waals surface area contributed by atoms with Crippen LogP contribution < -0.4 is 4.74 Å². The molecule has 1 N–H and O–H groups in total. The maximum absolute atomic E-state index is 12.0. The summed E-state index contributed by atoms with van der Waals surface area (Å²) < 4.78 is 10.2. The highest BCUT2D eigenvalue weighted by atomic mass is 16.6. The van der Waals surface area contributed by atoms with Crippen LogP contribution in [0.15, 0.2) is 36.4 Å². The van der Waals surface area contributed by atoms with E-state index >= 15 is 0 Å². The molecule has 1 rings (SSSR count). The van der Waals surface area contributed by atoms with Crippen LogP contribution in [0.5, 0.6) is 11.5 Å². The number of hydrogen-bond donors (Lipinski definition) is 1. The first-order valence-electron chi connectivity index (χ1n) is 6.31. The summed E-state index contributed by atoms with van der Waals surface area (Å²) in [5, 5.41) is 9.14. The number of carbonyl (C=O) groups is 2. The molecular weight excluding hydrogens is 260 g/mol. The molecule has 0 aliphatic carbocycles. The predicted octanol–water partition coefficient (Wildman–Crippen LogP) is 2.59. The van der Waals surface area contributed by atoms with E-state index in [-0.39, 0.29) is 17.1 Å². The van der Waals surface area contributed by atoms with Crippen LogP contribution in [-0.2, 0) is 14.3 Å². The molecule has 0 saturated heterocycles. The second kappa shape index (κ2) is 7.33. The van der Waals surface area contributed by atoms with Gasteiger partial charge in [0.1, 0.15) is 11.5 Å². The molecule has 0 spiro atoms. The number of phenols is 1. The maximum Gasteiger partial charge on any atom is 0.352 e. The summed E-state index contributed by atoms with van der Waals surface area (Å²) in [5.41, 5.74) is 0.225. The number of benzene rings is 1. The summed E-state index contributed by atoms with van der Waals surface area (Å²) in [6.07, 6.45) is 0.0763. The third-order valence-electron chi connectivity index (χ3n) is 2.47. The van der Waals surface area contributed by atoms with E-state index in [0.717, 1.165) is 0 Å². The Kier molecular flexibility index (Phi) is 5.77. The topological polar surface area (TPSA) is 72.8 Å². The van der Waals surface area contributed by atoms with Crippen molar-refractivity contribution in [1.82, 2.24) is 0 Å². The van der Waals surface area contributed by atoms with Crippen LogP contribution in [0.1, 0.15) is 26.7 Å². The predicted molar refractivity (Wildman–Crippen MR) is 73.3 cm³/mol. The van der Waals surface area contributed by atoms with Crippen molar-refractivity contribution in [2.24, 2.45) is 0 Å². The van der Waals surface area contributed by atoms with Crippen molar-refractivity contribution in [3.63, 3.8) is 0 Å². The van der Waals surface area contributed by atoms with Crippen LogP contribution in [0, 0.1) is 0 Å².